The third-order valence-corrected chi connectivity index (χ3v) is 4.69. The van der Waals surface area contributed by atoms with E-state index in [1.54, 1.807) is 7.11 Å². The van der Waals surface area contributed by atoms with Crippen LogP contribution in [0.2, 0.25) is 5.02 Å². The molecule has 0 saturated carbocycles. The summed E-state index contributed by atoms with van der Waals surface area (Å²) in [6.07, 6.45) is 6.41. The van der Waals surface area contributed by atoms with E-state index in [-0.39, 0.29) is 0 Å². The molecule has 0 radical (unpaired) electrons. The Morgan fingerprint density at radius 1 is 0.962 bits per heavy atom. The van der Waals surface area contributed by atoms with Crippen LogP contribution in [0.4, 0.5) is 0 Å². The van der Waals surface area contributed by atoms with Crippen molar-refractivity contribution in [2.24, 2.45) is 0 Å². The van der Waals surface area contributed by atoms with Gasteiger partial charge >= 0.3 is 0 Å². The smallest absolute Gasteiger partial charge is 0.163 e. The van der Waals surface area contributed by atoms with Crippen LogP contribution < -0.4 is 14.8 Å². The second kappa shape index (κ2) is 11.8. The lowest BCUT2D eigenvalue weighted by Crippen LogP contribution is -2.15. The van der Waals surface area contributed by atoms with Gasteiger partial charge in [0.1, 0.15) is 6.61 Å². The lowest BCUT2D eigenvalue weighted by Gasteiger charge is -2.14. The van der Waals surface area contributed by atoms with Gasteiger partial charge in [0.15, 0.2) is 11.5 Å². The second-order valence-corrected chi connectivity index (χ2v) is 6.87. The molecule has 2 aromatic carbocycles. The van der Waals surface area contributed by atoms with Crippen LogP contribution in [-0.4, -0.2) is 13.7 Å². The molecule has 2 rings (SSSR count). The van der Waals surface area contributed by atoms with E-state index in [4.69, 9.17) is 21.1 Å². The summed E-state index contributed by atoms with van der Waals surface area (Å²) in [6, 6.07) is 13.9. The molecular weight excluding hydrogens is 346 g/mol. The number of hydrogen-bond donors (Lipinski definition) is 1. The van der Waals surface area contributed by atoms with Gasteiger partial charge in [0, 0.05) is 17.6 Å². The van der Waals surface area contributed by atoms with Crippen LogP contribution in [0.25, 0.3) is 0 Å². The number of methoxy groups -OCH3 is 1. The average molecular weight is 376 g/mol. The summed E-state index contributed by atoms with van der Waals surface area (Å²) < 4.78 is 11.4. The van der Waals surface area contributed by atoms with Crippen LogP contribution in [0.15, 0.2) is 42.5 Å². The normalized spacial score (nSPS) is 10.7. The molecule has 0 saturated heterocycles. The van der Waals surface area contributed by atoms with Gasteiger partial charge in [-0.2, -0.15) is 0 Å². The molecule has 0 aromatic heterocycles. The van der Waals surface area contributed by atoms with Crippen LogP contribution >= 0.6 is 11.6 Å². The number of nitrogens with one attached hydrogen (secondary N) is 1. The standard InChI is InChI=1S/C22H30ClNO2/c1-3-4-5-6-10-13-24-16-19-14-21(25-2)22(15-20(19)23)26-17-18-11-8-7-9-12-18/h7-9,11-12,14-15,24H,3-6,10,13,16-17H2,1-2H3. The maximum absolute atomic E-state index is 6.45. The second-order valence-electron chi connectivity index (χ2n) is 6.46. The number of hydrogen-bond acceptors (Lipinski definition) is 3. The zero-order valence-electron chi connectivity index (χ0n) is 15.9. The van der Waals surface area contributed by atoms with Crippen LogP contribution in [-0.2, 0) is 13.2 Å². The predicted molar refractivity (Wildman–Crippen MR) is 109 cm³/mol. The molecule has 0 aliphatic rings. The molecule has 0 fully saturated rings. The molecule has 26 heavy (non-hydrogen) atoms. The first kappa shape index (κ1) is 20.6. The summed E-state index contributed by atoms with van der Waals surface area (Å²) >= 11 is 6.45. The molecule has 0 unspecified atom stereocenters. The van der Waals surface area contributed by atoms with Crippen molar-refractivity contribution in [3.63, 3.8) is 0 Å². The van der Waals surface area contributed by atoms with Gasteiger partial charge in [-0.15, -0.1) is 0 Å². The van der Waals surface area contributed by atoms with Gasteiger partial charge in [-0.1, -0.05) is 74.5 Å². The van der Waals surface area contributed by atoms with Crippen molar-refractivity contribution in [1.29, 1.82) is 0 Å². The SMILES string of the molecule is CCCCCCCNCc1cc(OC)c(OCc2ccccc2)cc1Cl. The molecule has 142 valence electrons. The lowest BCUT2D eigenvalue weighted by molar-refractivity contribution is 0.284. The molecule has 2 aromatic rings. The largest absolute Gasteiger partial charge is 0.493 e. The number of unbranched alkanes of at least 4 members (excludes halogenated alkanes) is 4. The Balaban J connectivity index is 1.87. The molecule has 1 N–H and O–H groups in total. The van der Waals surface area contributed by atoms with Gasteiger partial charge in [0.05, 0.1) is 7.11 Å². The van der Waals surface area contributed by atoms with Crippen LogP contribution in [0.5, 0.6) is 11.5 Å². The fraction of sp³-hybridized carbons (Fsp3) is 0.455. The maximum Gasteiger partial charge on any atom is 0.163 e. The summed E-state index contributed by atoms with van der Waals surface area (Å²) in [5.41, 5.74) is 2.14. The van der Waals surface area contributed by atoms with Crippen molar-refractivity contribution in [2.45, 2.75) is 52.2 Å². The summed E-state index contributed by atoms with van der Waals surface area (Å²) in [6.45, 7) is 4.47. The van der Waals surface area contributed by atoms with Crippen molar-refractivity contribution < 1.29 is 9.47 Å². The maximum atomic E-state index is 6.45. The zero-order chi connectivity index (χ0) is 18.6. The summed E-state index contributed by atoms with van der Waals surface area (Å²) in [5, 5.41) is 4.17. The predicted octanol–water partition coefficient (Wildman–Crippen LogP) is 5.99. The van der Waals surface area contributed by atoms with Crippen LogP contribution in [0.3, 0.4) is 0 Å². The van der Waals surface area contributed by atoms with E-state index in [2.05, 4.69) is 12.2 Å². The number of ether oxygens (including phenoxy) is 2. The molecule has 0 aliphatic heterocycles. The van der Waals surface area contributed by atoms with Gasteiger partial charge in [-0.25, -0.2) is 0 Å². The molecule has 0 bridgehead atoms. The van der Waals surface area contributed by atoms with E-state index in [0.717, 1.165) is 24.2 Å². The number of halogens is 1. The Hall–Kier alpha value is -1.71. The monoisotopic (exact) mass is 375 g/mol. The van der Waals surface area contributed by atoms with Gasteiger partial charge in [0.25, 0.3) is 0 Å². The van der Waals surface area contributed by atoms with Crippen molar-refractivity contribution in [1.82, 2.24) is 5.32 Å². The third kappa shape index (κ3) is 6.89. The van der Waals surface area contributed by atoms with Crippen molar-refractivity contribution in [2.75, 3.05) is 13.7 Å². The molecule has 3 nitrogen and oxygen atoms in total. The minimum absolute atomic E-state index is 0.489. The van der Waals surface area contributed by atoms with E-state index in [1.165, 1.54) is 32.1 Å². The topological polar surface area (TPSA) is 30.5 Å². The van der Waals surface area contributed by atoms with E-state index >= 15 is 0 Å². The van der Waals surface area contributed by atoms with Crippen LogP contribution in [0, 0.1) is 0 Å². The van der Waals surface area contributed by atoms with E-state index in [9.17, 15) is 0 Å². The van der Waals surface area contributed by atoms with Crippen molar-refractivity contribution in [3.05, 3.63) is 58.6 Å². The molecular formula is C22H30ClNO2. The highest BCUT2D eigenvalue weighted by Crippen LogP contribution is 2.34. The molecule has 0 atom stereocenters. The first-order valence-corrected chi connectivity index (χ1v) is 9.86. The zero-order valence-corrected chi connectivity index (χ0v) is 16.6. The average Bonchev–Trinajstić information content (AvgIpc) is 2.67. The Labute approximate surface area is 162 Å². The molecule has 0 heterocycles. The first-order chi connectivity index (χ1) is 12.7. The summed E-state index contributed by atoms with van der Waals surface area (Å²) in [7, 11) is 1.66. The highest BCUT2D eigenvalue weighted by atomic mass is 35.5. The Kier molecular flexibility index (Phi) is 9.36. The van der Waals surface area contributed by atoms with Crippen molar-refractivity contribution >= 4 is 11.6 Å². The van der Waals surface area contributed by atoms with E-state index in [1.807, 2.05) is 42.5 Å². The molecule has 0 spiro atoms. The molecule has 0 aliphatic carbocycles. The van der Waals surface area contributed by atoms with Crippen molar-refractivity contribution in [3.8, 4) is 11.5 Å². The third-order valence-electron chi connectivity index (χ3n) is 4.34. The number of rotatable bonds is 12. The highest BCUT2D eigenvalue weighted by Gasteiger charge is 2.11. The quantitative estimate of drug-likeness (QED) is 0.462. The minimum Gasteiger partial charge on any atom is -0.493 e. The van der Waals surface area contributed by atoms with Gasteiger partial charge in [-0.3, -0.25) is 0 Å². The van der Waals surface area contributed by atoms with Gasteiger partial charge in [-0.05, 0) is 30.2 Å². The highest BCUT2D eigenvalue weighted by molar-refractivity contribution is 6.31. The molecule has 0 amide bonds. The van der Waals surface area contributed by atoms with E-state index in [0.29, 0.717) is 23.1 Å². The summed E-state index contributed by atoms with van der Waals surface area (Å²) in [5.74, 6) is 1.38. The van der Waals surface area contributed by atoms with Gasteiger partial charge in [0.2, 0.25) is 0 Å². The van der Waals surface area contributed by atoms with E-state index < -0.39 is 0 Å². The Morgan fingerprint density at radius 2 is 1.73 bits per heavy atom. The van der Waals surface area contributed by atoms with Gasteiger partial charge < -0.3 is 14.8 Å². The fourth-order valence-corrected chi connectivity index (χ4v) is 3.02. The van der Waals surface area contributed by atoms with Crippen LogP contribution in [0.1, 0.15) is 50.2 Å². The Morgan fingerprint density at radius 3 is 2.46 bits per heavy atom. The summed E-state index contributed by atoms with van der Waals surface area (Å²) in [4.78, 5) is 0. The Bertz CT molecular complexity index is 646. The number of benzene rings is 2. The minimum atomic E-state index is 0.489. The lowest BCUT2D eigenvalue weighted by atomic mass is 10.1. The molecule has 4 heteroatoms. The first-order valence-electron chi connectivity index (χ1n) is 9.48. The fourth-order valence-electron chi connectivity index (χ4n) is 2.80.